The van der Waals surface area contributed by atoms with Crippen molar-refractivity contribution in [1.82, 2.24) is 10.2 Å². The topological polar surface area (TPSA) is 49.4 Å². The van der Waals surface area contributed by atoms with Gasteiger partial charge in [-0.2, -0.15) is 11.8 Å². The summed E-state index contributed by atoms with van der Waals surface area (Å²) in [6, 6.07) is 8.38. The third-order valence-corrected chi connectivity index (χ3v) is 4.45. The lowest BCUT2D eigenvalue weighted by Gasteiger charge is -2.37. The molecule has 1 aliphatic rings. The maximum atomic E-state index is 12.6. The Bertz CT molecular complexity index is 518. The summed E-state index contributed by atoms with van der Waals surface area (Å²) in [7, 11) is 0. The summed E-state index contributed by atoms with van der Waals surface area (Å²) >= 11 is 1.71. The van der Waals surface area contributed by atoms with Gasteiger partial charge in [-0.25, -0.2) is 0 Å². The Balaban J connectivity index is 2.10. The lowest BCUT2D eigenvalue weighted by Crippen LogP contribution is -2.58. The minimum Gasteiger partial charge on any atom is -0.339 e. The van der Waals surface area contributed by atoms with E-state index in [1.807, 2.05) is 36.4 Å². The van der Waals surface area contributed by atoms with E-state index >= 15 is 0 Å². The first-order valence-corrected chi connectivity index (χ1v) is 8.15. The number of carbonyl (C=O) groups excluding carboxylic acids is 2. The van der Waals surface area contributed by atoms with Crippen molar-refractivity contribution in [2.45, 2.75) is 19.0 Å². The van der Waals surface area contributed by atoms with Gasteiger partial charge in [-0.15, -0.1) is 6.58 Å². The zero-order valence-electron chi connectivity index (χ0n) is 12.1. The van der Waals surface area contributed by atoms with Crippen LogP contribution in [0.4, 0.5) is 0 Å². The Morgan fingerprint density at radius 3 is 2.71 bits per heavy atom. The van der Waals surface area contributed by atoms with Gasteiger partial charge in [0.25, 0.3) is 5.91 Å². The van der Waals surface area contributed by atoms with Gasteiger partial charge < -0.3 is 10.2 Å². The van der Waals surface area contributed by atoms with E-state index in [1.165, 1.54) is 0 Å². The van der Waals surface area contributed by atoms with Crippen molar-refractivity contribution in [3.63, 3.8) is 0 Å². The molecule has 1 heterocycles. The maximum absolute atomic E-state index is 12.6. The number of piperazine rings is 1. The van der Waals surface area contributed by atoms with Crippen LogP contribution in [0.25, 0.3) is 0 Å². The smallest absolute Gasteiger partial charge is 0.250 e. The highest BCUT2D eigenvalue weighted by atomic mass is 32.2. The van der Waals surface area contributed by atoms with Crippen molar-refractivity contribution in [3.8, 4) is 0 Å². The Labute approximate surface area is 129 Å². The monoisotopic (exact) mass is 304 g/mol. The molecular weight excluding hydrogens is 284 g/mol. The van der Waals surface area contributed by atoms with Crippen LogP contribution >= 0.6 is 11.8 Å². The summed E-state index contributed by atoms with van der Waals surface area (Å²) in [4.78, 5) is 26.4. The predicted octanol–water partition coefficient (Wildman–Crippen LogP) is 1.99. The maximum Gasteiger partial charge on any atom is 0.250 e. The standard InChI is InChI=1S/C16H20N2O2S/c1-3-10-21-11-9-18-12(2)15(19)17-14(16(18)20)13-7-5-4-6-8-13/h3-8,12,14H,1,9-11H2,2H3,(H,17,19). The summed E-state index contributed by atoms with van der Waals surface area (Å²) in [5, 5.41) is 2.81. The molecular formula is C16H20N2O2S. The lowest BCUT2D eigenvalue weighted by atomic mass is 10.0. The molecule has 0 radical (unpaired) electrons. The molecule has 0 saturated carbocycles. The van der Waals surface area contributed by atoms with Gasteiger partial charge in [0, 0.05) is 18.1 Å². The van der Waals surface area contributed by atoms with Crippen molar-refractivity contribution in [1.29, 1.82) is 0 Å². The number of thioether (sulfide) groups is 1. The van der Waals surface area contributed by atoms with Crippen LogP contribution in [0.15, 0.2) is 43.0 Å². The van der Waals surface area contributed by atoms with Crippen LogP contribution in [0.2, 0.25) is 0 Å². The second-order valence-electron chi connectivity index (χ2n) is 4.92. The van der Waals surface area contributed by atoms with Gasteiger partial charge in [-0.05, 0) is 12.5 Å². The first kappa shape index (κ1) is 15.6. The minimum absolute atomic E-state index is 0.0347. The zero-order valence-corrected chi connectivity index (χ0v) is 12.9. The highest BCUT2D eigenvalue weighted by molar-refractivity contribution is 7.99. The van der Waals surface area contributed by atoms with Crippen LogP contribution < -0.4 is 5.32 Å². The van der Waals surface area contributed by atoms with Gasteiger partial charge in [-0.1, -0.05) is 36.4 Å². The Morgan fingerprint density at radius 1 is 1.33 bits per heavy atom. The average Bonchev–Trinajstić information content (AvgIpc) is 2.51. The Morgan fingerprint density at radius 2 is 2.05 bits per heavy atom. The van der Waals surface area contributed by atoms with Crippen molar-refractivity contribution in [2.75, 3.05) is 18.1 Å². The van der Waals surface area contributed by atoms with Gasteiger partial charge in [-0.3, -0.25) is 9.59 Å². The van der Waals surface area contributed by atoms with Crippen molar-refractivity contribution >= 4 is 23.6 Å². The van der Waals surface area contributed by atoms with E-state index in [9.17, 15) is 9.59 Å². The van der Waals surface area contributed by atoms with Crippen LogP contribution in [-0.2, 0) is 9.59 Å². The van der Waals surface area contributed by atoms with Crippen LogP contribution in [0.5, 0.6) is 0 Å². The highest BCUT2D eigenvalue weighted by Crippen LogP contribution is 2.22. The minimum atomic E-state index is -0.570. The zero-order chi connectivity index (χ0) is 15.2. The van der Waals surface area contributed by atoms with Crippen LogP contribution in [0, 0.1) is 0 Å². The first-order valence-electron chi connectivity index (χ1n) is 6.99. The Kier molecular flexibility index (Phi) is 5.44. The molecule has 0 aliphatic carbocycles. The van der Waals surface area contributed by atoms with E-state index in [1.54, 1.807) is 23.6 Å². The van der Waals surface area contributed by atoms with Gasteiger partial charge in [0.2, 0.25) is 5.91 Å². The van der Waals surface area contributed by atoms with E-state index in [-0.39, 0.29) is 11.8 Å². The molecule has 2 amide bonds. The average molecular weight is 304 g/mol. The quantitative estimate of drug-likeness (QED) is 0.646. The molecule has 1 saturated heterocycles. The summed E-state index contributed by atoms with van der Waals surface area (Å²) in [6.07, 6.45) is 1.84. The predicted molar refractivity (Wildman–Crippen MR) is 86.0 cm³/mol. The van der Waals surface area contributed by atoms with E-state index in [0.29, 0.717) is 6.54 Å². The molecule has 4 nitrogen and oxygen atoms in total. The van der Waals surface area contributed by atoms with Crippen LogP contribution in [0.3, 0.4) is 0 Å². The molecule has 1 aliphatic heterocycles. The molecule has 21 heavy (non-hydrogen) atoms. The first-order chi connectivity index (χ1) is 10.1. The van der Waals surface area contributed by atoms with Crippen molar-refractivity contribution in [3.05, 3.63) is 48.6 Å². The van der Waals surface area contributed by atoms with Gasteiger partial charge in [0.05, 0.1) is 0 Å². The molecule has 0 spiro atoms. The molecule has 1 fully saturated rings. The second kappa shape index (κ2) is 7.31. The number of nitrogens with one attached hydrogen (secondary N) is 1. The van der Waals surface area contributed by atoms with Crippen molar-refractivity contribution in [2.24, 2.45) is 0 Å². The lowest BCUT2D eigenvalue weighted by molar-refractivity contribution is -0.148. The molecule has 1 aromatic rings. The fourth-order valence-electron chi connectivity index (χ4n) is 2.33. The largest absolute Gasteiger partial charge is 0.339 e. The Hall–Kier alpha value is -1.75. The molecule has 112 valence electrons. The molecule has 0 bridgehead atoms. The number of carbonyl (C=O) groups is 2. The number of benzene rings is 1. The number of nitrogens with zero attached hydrogens (tertiary/aromatic N) is 1. The number of hydrogen-bond acceptors (Lipinski definition) is 3. The normalized spacial score (nSPS) is 22.0. The fraction of sp³-hybridized carbons (Fsp3) is 0.375. The number of hydrogen-bond donors (Lipinski definition) is 1. The summed E-state index contributed by atoms with van der Waals surface area (Å²) in [5.74, 6) is 1.52. The van der Waals surface area contributed by atoms with Gasteiger partial charge in [0.15, 0.2) is 0 Å². The molecule has 1 N–H and O–H groups in total. The van der Waals surface area contributed by atoms with Crippen LogP contribution in [0.1, 0.15) is 18.5 Å². The second-order valence-corrected chi connectivity index (χ2v) is 6.07. The van der Waals surface area contributed by atoms with Gasteiger partial charge >= 0.3 is 0 Å². The summed E-state index contributed by atoms with van der Waals surface area (Å²) < 4.78 is 0. The third-order valence-electron chi connectivity index (χ3n) is 3.51. The molecule has 2 rings (SSSR count). The van der Waals surface area contributed by atoms with E-state index in [4.69, 9.17) is 0 Å². The molecule has 5 heteroatoms. The van der Waals surface area contributed by atoms with E-state index < -0.39 is 12.1 Å². The van der Waals surface area contributed by atoms with Crippen molar-refractivity contribution < 1.29 is 9.59 Å². The molecule has 2 unspecified atom stereocenters. The van der Waals surface area contributed by atoms with Crippen LogP contribution in [-0.4, -0.2) is 40.8 Å². The van der Waals surface area contributed by atoms with E-state index in [0.717, 1.165) is 17.1 Å². The fourth-order valence-corrected chi connectivity index (χ4v) is 2.99. The number of rotatable bonds is 6. The summed E-state index contributed by atoms with van der Waals surface area (Å²) in [6.45, 7) is 6.02. The van der Waals surface area contributed by atoms with E-state index in [2.05, 4.69) is 11.9 Å². The molecule has 0 aromatic heterocycles. The number of amides is 2. The summed E-state index contributed by atoms with van der Waals surface area (Å²) in [5.41, 5.74) is 0.825. The SMILES string of the molecule is C=CCSCCN1C(=O)C(c2ccccc2)NC(=O)C1C. The third kappa shape index (κ3) is 3.67. The van der Waals surface area contributed by atoms with Gasteiger partial charge in [0.1, 0.15) is 12.1 Å². The molecule has 1 aromatic carbocycles. The highest BCUT2D eigenvalue weighted by Gasteiger charge is 2.38. The molecule has 2 atom stereocenters.